The van der Waals surface area contributed by atoms with Crippen molar-refractivity contribution in [2.24, 2.45) is 0 Å². The largest absolute Gasteiger partial charge is 0.420 e. The second kappa shape index (κ2) is 5.41. The van der Waals surface area contributed by atoms with Crippen LogP contribution in [0.2, 0.25) is 0 Å². The van der Waals surface area contributed by atoms with Gasteiger partial charge in [-0.25, -0.2) is 9.99 Å². The highest BCUT2D eigenvalue weighted by atomic mass is 79.9. The molecule has 0 bridgehead atoms. The van der Waals surface area contributed by atoms with Crippen molar-refractivity contribution in [2.75, 3.05) is 31.7 Å². The molecule has 0 saturated carbocycles. The Morgan fingerprint density at radius 1 is 1.33 bits per heavy atom. The molecule has 18 heavy (non-hydrogen) atoms. The zero-order valence-electron chi connectivity index (χ0n) is 9.30. The van der Waals surface area contributed by atoms with E-state index >= 15 is 0 Å². The van der Waals surface area contributed by atoms with Gasteiger partial charge in [-0.05, 0) is 22.0 Å². The fourth-order valence-corrected chi connectivity index (χ4v) is 1.90. The summed E-state index contributed by atoms with van der Waals surface area (Å²) >= 11 is 2.99. The summed E-state index contributed by atoms with van der Waals surface area (Å²) in [5, 5.41) is 1.66. The Balaban J connectivity index is 2.21. The number of hydrogen-bond donors (Lipinski definition) is 1. The molecular weight excluding hydrogens is 315 g/mol. The average molecular weight is 326 g/mol. The fourth-order valence-electron chi connectivity index (χ4n) is 1.57. The Labute approximate surface area is 110 Å². The van der Waals surface area contributed by atoms with Crippen LogP contribution in [0.25, 0.3) is 0 Å². The Bertz CT molecular complexity index is 421. The van der Waals surface area contributed by atoms with Crippen LogP contribution < -0.4 is 5.43 Å². The molecule has 1 N–H and O–H groups in total. The van der Waals surface area contributed by atoms with Crippen molar-refractivity contribution in [1.29, 1.82) is 0 Å². The Morgan fingerprint density at radius 3 is 2.61 bits per heavy atom. The number of pyridine rings is 1. The summed E-state index contributed by atoms with van der Waals surface area (Å²) < 4.78 is 43.9. The SMILES string of the molecule is FC(F)(F)c1cc(Br)cnc1NN1CCOCC1. The van der Waals surface area contributed by atoms with Gasteiger partial charge in [0.15, 0.2) is 5.82 Å². The highest BCUT2D eigenvalue weighted by Gasteiger charge is 2.35. The molecule has 4 nitrogen and oxygen atoms in total. The third kappa shape index (κ3) is 3.33. The molecule has 0 radical (unpaired) electrons. The van der Waals surface area contributed by atoms with Crippen LogP contribution in [0.1, 0.15) is 5.56 Å². The number of anilines is 1. The molecule has 1 fully saturated rings. The molecule has 0 amide bonds. The lowest BCUT2D eigenvalue weighted by Gasteiger charge is -2.28. The maximum atomic E-state index is 12.8. The lowest BCUT2D eigenvalue weighted by molar-refractivity contribution is -0.137. The molecule has 1 aliphatic heterocycles. The molecule has 100 valence electrons. The van der Waals surface area contributed by atoms with E-state index in [-0.39, 0.29) is 5.82 Å². The number of rotatable bonds is 2. The van der Waals surface area contributed by atoms with E-state index in [1.165, 1.54) is 6.20 Å². The Morgan fingerprint density at radius 2 is 2.00 bits per heavy atom. The molecule has 8 heteroatoms. The van der Waals surface area contributed by atoms with Crippen LogP contribution in [0.5, 0.6) is 0 Å². The van der Waals surface area contributed by atoms with Crippen LogP contribution in [0.15, 0.2) is 16.7 Å². The number of ether oxygens (including phenoxy) is 1. The number of aromatic nitrogens is 1. The molecule has 0 atom stereocenters. The number of hydrazine groups is 1. The van der Waals surface area contributed by atoms with Crippen molar-refractivity contribution in [2.45, 2.75) is 6.18 Å². The van der Waals surface area contributed by atoms with Gasteiger partial charge in [0.2, 0.25) is 0 Å². The van der Waals surface area contributed by atoms with E-state index in [9.17, 15) is 13.2 Å². The minimum absolute atomic E-state index is 0.187. The van der Waals surface area contributed by atoms with Gasteiger partial charge >= 0.3 is 6.18 Å². The fraction of sp³-hybridized carbons (Fsp3) is 0.500. The number of morpholine rings is 1. The van der Waals surface area contributed by atoms with Crippen molar-refractivity contribution >= 4 is 21.7 Å². The lowest BCUT2D eigenvalue weighted by Crippen LogP contribution is -2.41. The van der Waals surface area contributed by atoms with E-state index in [1.54, 1.807) is 5.01 Å². The van der Waals surface area contributed by atoms with Crippen molar-refractivity contribution in [1.82, 2.24) is 9.99 Å². The van der Waals surface area contributed by atoms with Gasteiger partial charge < -0.3 is 10.2 Å². The molecule has 2 rings (SSSR count). The molecule has 0 aliphatic carbocycles. The van der Waals surface area contributed by atoms with Gasteiger partial charge in [-0.2, -0.15) is 13.2 Å². The first-order valence-electron chi connectivity index (χ1n) is 5.29. The molecule has 0 aromatic carbocycles. The standard InChI is InChI=1S/C10H11BrF3N3O/c11-7-5-8(10(12,13)14)9(15-6-7)16-17-1-3-18-4-2-17/h5-6H,1-4H2,(H,15,16). The summed E-state index contributed by atoms with van der Waals surface area (Å²) in [4.78, 5) is 3.78. The van der Waals surface area contributed by atoms with Crippen LogP contribution >= 0.6 is 15.9 Å². The molecule has 1 aliphatic rings. The number of alkyl halides is 3. The number of halogens is 4. The van der Waals surface area contributed by atoms with E-state index < -0.39 is 11.7 Å². The molecule has 1 aromatic rings. The summed E-state index contributed by atoms with van der Waals surface area (Å²) in [6, 6.07) is 1.01. The predicted molar refractivity (Wildman–Crippen MR) is 63.0 cm³/mol. The smallest absolute Gasteiger partial charge is 0.379 e. The predicted octanol–water partition coefficient (Wildman–Crippen LogP) is 2.52. The first kappa shape index (κ1) is 13.6. The molecule has 1 aromatic heterocycles. The van der Waals surface area contributed by atoms with Crippen LogP contribution in [-0.2, 0) is 10.9 Å². The van der Waals surface area contributed by atoms with E-state index in [1.807, 2.05) is 0 Å². The summed E-state index contributed by atoms with van der Waals surface area (Å²) in [5.74, 6) is -0.187. The molecule has 0 unspecified atom stereocenters. The maximum absolute atomic E-state index is 12.8. The van der Waals surface area contributed by atoms with E-state index in [0.29, 0.717) is 30.8 Å². The van der Waals surface area contributed by atoms with Gasteiger partial charge in [0.1, 0.15) is 5.56 Å². The summed E-state index contributed by atoms with van der Waals surface area (Å²) in [6.07, 6.45) is -3.11. The van der Waals surface area contributed by atoms with E-state index in [0.717, 1.165) is 6.07 Å². The zero-order valence-corrected chi connectivity index (χ0v) is 10.9. The van der Waals surface area contributed by atoms with Gasteiger partial charge in [0, 0.05) is 23.8 Å². The van der Waals surface area contributed by atoms with E-state index in [4.69, 9.17) is 4.74 Å². The van der Waals surface area contributed by atoms with E-state index in [2.05, 4.69) is 26.3 Å². The molecule has 0 spiro atoms. The monoisotopic (exact) mass is 325 g/mol. The third-order valence-electron chi connectivity index (χ3n) is 2.43. The quantitative estimate of drug-likeness (QED) is 0.906. The molecule has 1 saturated heterocycles. The normalized spacial score (nSPS) is 17.8. The maximum Gasteiger partial charge on any atom is 0.420 e. The lowest BCUT2D eigenvalue weighted by atomic mass is 10.2. The Hall–Kier alpha value is -0.860. The van der Waals surface area contributed by atoms with Crippen molar-refractivity contribution < 1.29 is 17.9 Å². The minimum atomic E-state index is -4.44. The van der Waals surface area contributed by atoms with Gasteiger partial charge in [-0.1, -0.05) is 0 Å². The topological polar surface area (TPSA) is 37.4 Å². The highest BCUT2D eigenvalue weighted by molar-refractivity contribution is 9.10. The first-order chi connectivity index (χ1) is 8.47. The third-order valence-corrected chi connectivity index (χ3v) is 2.87. The first-order valence-corrected chi connectivity index (χ1v) is 6.08. The van der Waals surface area contributed by atoms with Gasteiger partial charge in [-0.3, -0.25) is 0 Å². The van der Waals surface area contributed by atoms with Crippen molar-refractivity contribution in [3.05, 3.63) is 22.3 Å². The van der Waals surface area contributed by atoms with Crippen LogP contribution in [0.3, 0.4) is 0 Å². The zero-order chi connectivity index (χ0) is 13.2. The number of hydrogen-bond acceptors (Lipinski definition) is 4. The second-order valence-corrected chi connectivity index (χ2v) is 4.67. The van der Waals surface area contributed by atoms with Gasteiger partial charge in [-0.15, -0.1) is 0 Å². The second-order valence-electron chi connectivity index (χ2n) is 3.76. The minimum Gasteiger partial charge on any atom is -0.379 e. The summed E-state index contributed by atoms with van der Waals surface area (Å²) in [7, 11) is 0. The molecular formula is C10H11BrF3N3O. The van der Waals surface area contributed by atoms with Crippen LogP contribution in [0, 0.1) is 0 Å². The summed E-state index contributed by atoms with van der Waals surface area (Å²) in [6.45, 7) is 2.03. The van der Waals surface area contributed by atoms with Gasteiger partial charge in [0.05, 0.1) is 13.2 Å². The van der Waals surface area contributed by atoms with Crippen LogP contribution in [0.4, 0.5) is 19.0 Å². The average Bonchev–Trinajstić information content (AvgIpc) is 2.31. The molecule has 2 heterocycles. The van der Waals surface area contributed by atoms with Crippen molar-refractivity contribution in [3.8, 4) is 0 Å². The van der Waals surface area contributed by atoms with Gasteiger partial charge in [0.25, 0.3) is 0 Å². The highest BCUT2D eigenvalue weighted by Crippen LogP contribution is 2.35. The summed E-state index contributed by atoms with van der Waals surface area (Å²) in [5.41, 5.74) is 1.90. The number of nitrogens with one attached hydrogen (secondary N) is 1. The van der Waals surface area contributed by atoms with Crippen LogP contribution in [-0.4, -0.2) is 36.3 Å². The van der Waals surface area contributed by atoms with Crippen molar-refractivity contribution in [3.63, 3.8) is 0 Å². The number of nitrogens with zero attached hydrogens (tertiary/aromatic N) is 2. The Kier molecular flexibility index (Phi) is 4.08.